The van der Waals surface area contributed by atoms with Gasteiger partial charge >= 0.3 is 0 Å². The molecular formula is C15H25N3O. The van der Waals surface area contributed by atoms with Gasteiger partial charge in [0.1, 0.15) is 0 Å². The molecule has 1 N–H and O–H groups in total. The SMILES string of the molecule is CN(C)c1cccc(NCCCN2CCOCC2)c1. The van der Waals surface area contributed by atoms with Crippen LogP contribution in [0.4, 0.5) is 11.4 Å². The maximum Gasteiger partial charge on any atom is 0.0594 e. The lowest BCUT2D eigenvalue weighted by molar-refractivity contribution is 0.0378. The van der Waals surface area contributed by atoms with Gasteiger partial charge in [0, 0.05) is 45.1 Å². The number of ether oxygens (including phenoxy) is 1. The highest BCUT2D eigenvalue weighted by Gasteiger charge is 2.08. The third-order valence-corrected chi connectivity index (χ3v) is 3.45. The predicted octanol–water partition coefficient (Wildman–Crippen LogP) is 1.89. The second kappa shape index (κ2) is 7.36. The van der Waals surface area contributed by atoms with Crippen molar-refractivity contribution >= 4 is 11.4 Å². The predicted molar refractivity (Wildman–Crippen MR) is 81.1 cm³/mol. The number of morpholine rings is 1. The van der Waals surface area contributed by atoms with Crippen molar-refractivity contribution < 1.29 is 4.74 Å². The molecule has 4 nitrogen and oxygen atoms in total. The van der Waals surface area contributed by atoms with Crippen molar-refractivity contribution in [2.75, 3.05) is 63.7 Å². The van der Waals surface area contributed by atoms with Crippen LogP contribution in [0, 0.1) is 0 Å². The van der Waals surface area contributed by atoms with Crippen molar-refractivity contribution in [3.8, 4) is 0 Å². The average Bonchev–Trinajstić information content (AvgIpc) is 2.45. The molecule has 0 spiro atoms. The number of nitrogens with one attached hydrogen (secondary N) is 1. The monoisotopic (exact) mass is 263 g/mol. The zero-order chi connectivity index (χ0) is 13.5. The zero-order valence-electron chi connectivity index (χ0n) is 12.1. The third kappa shape index (κ3) is 4.73. The maximum atomic E-state index is 5.35. The van der Waals surface area contributed by atoms with E-state index in [0.29, 0.717) is 0 Å². The van der Waals surface area contributed by atoms with Crippen molar-refractivity contribution in [3.63, 3.8) is 0 Å². The highest BCUT2D eigenvalue weighted by Crippen LogP contribution is 2.17. The van der Waals surface area contributed by atoms with Gasteiger partial charge in [0.15, 0.2) is 0 Å². The van der Waals surface area contributed by atoms with Crippen LogP contribution in [0.15, 0.2) is 24.3 Å². The molecule has 4 heteroatoms. The fourth-order valence-corrected chi connectivity index (χ4v) is 2.25. The maximum absolute atomic E-state index is 5.35. The molecule has 1 aliphatic heterocycles. The molecule has 106 valence electrons. The minimum atomic E-state index is 0.887. The van der Waals surface area contributed by atoms with E-state index in [4.69, 9.17) is 4.74 Å². The second-order valence-electron chi connectivity index (χ2n) is 5.18. The van der Waals surface area contributed by atoms with Crippen LogP contribution < -0.4 is 10.2 Å². The topological polar surface area (TPSA) is 27.7 Å². The zero-order valence-corrected chi connectivity index (χ0v) is 12.1. The summed E-state index contributed by atoms with van der Waals surface area (Å²) >= 11 is 0. The van der Waals surface area contributed by atoms with Crippen molar-refractivity contribution in [2.24, 2.45) is 0 Å². The summed E-state index contributed by atoms with van der Waals surface area (Å²) in [4.78, 5) is 4.60. The molecule has 0 atom stereocenters. The number of anilines is 2. The number of hydrogen-bond donors (Lipinski definition) is 1. The highest BCUT2D eigenvalue weighted by molar-refractivity contribution is 5.57. The molecule has 0 aromatic heterocycles. The van der Waals surface area contributed by atoms with Gasteiger partial charge in [0.2, 0.25) is 0 Å². The first-order valence-corrected chi connectivity index (χ1v) is 7.07. The molecule has 1 aromatic carbocycles. The Labute approximate surface area is 116 Å². The molecule has 1 aromatic rings. The molecule has 19 heavy (non-hydrogen) atoms. The van der Waals surface area contributed by atoms with E-state index in [1.165, 1.54) is 17.8 Å². The number of rotatable bonds is 6. The minimum absolute atomic E-state index is 0.887. The second-order valence-corrected chi connectivity index (χ2v) is 5.18. The molecule has 1 aliphatic rings. The van der Waals surface area contributed by atoms with Crippen molar-refractivity contribution in [1.82, 2.24) is 4.90 Å². The Kier molecular flexibility index (Phi) is 5.48. The highest BCUT2D eigenvalue weighted by atomic mass is 16.5. The fraction of sp³-hybridized carbons (Fsp3) is 0.600. The van der Waals surface area contributed by atoms with E-state index in [1.54, 1.807) is 0 Å². The van der Waals surface area contributed by atoms with Gasteiger partial charge in [0.05, 0.1) is 13.2 Å². The smallest absolute Gasteiger partial charge is 0.0594 e. The van der Waals surface area contributed by atoms with Crippen molar-refractivity contribution in [2.45, 2.75) is 6.42 Å². The van der Waals surface area contributed by atoms with E-state index >= 15 is 0 Å². The van der Waals surface area contributed by atoms with E-state index in [0.717, 1.165) is 39.4 Å². The largest absolute Gasteiger partial charge is 0.385 e. The van der Waals surface area contributed by atoms with Crippen LogP contribution in [0.2, 0.25) is 0 Å². The van der Waals surface area contributed by atoms with Gasteiger partial charge in [-0.3, -0.25) is 4.90 Å². The normalized spacial score (nSPS) is 16.3. The molecule has 1 saturated heterocycles. The van der Waals surface area contributed by atoms with Gasteiger partial charge in [-0.05, 0) is 31.2 Å². The lowest BCUT2D eigenvalue weighted by Crippen LogP contribution is -2.37. The molecule has 1 heterocycles. The van der Waals surface area contributed by atoms with E-state index in [1.807, 2.05) is 0 Å². The van der Waals surface area contributed by atoms with Crippen LogP contribution in [-0.2, 0) is 4.74 Å². The summed E-state index contributed by atoms with van der Waals surface area (Å²) in [6, 6.07) is 8.54. The molecule has 0 aliphatic carbocycles. The molecule has 0 amide bonds. The Morgan fingerprint density at radius 2 is 2.05 bits per heavy atom. The van der Waals surface area contributed by atoms with Crippen LogP contribution in [-0.4, -0.2) is 58.4 Å². The molecule has 1 fully saturated rings. The first-order chi connectivity index (χ1) is 9.25. The molecule has 0 saturated carbocycles. The van der Waals surface area contributed by atoms with E-state index < -0.39 is 0 Å². The summed E-state index contributed by atoms with van der Waals surface area (Å²) in [5, 5.41) is 3.49. The lowest BCUT2D eigenvalue weighted by Gasteiger charge is -2.26. The van der Waals surface area contributed by atoms with Gasteiger partial charge in [-0.15, -0.1) is 0 Å². The Morgan fingerprint density at radius 1 is 1.26 bits per heavy atom. The fourth-order valence-electron chi connectivity index (χ4n) is 2.25. The van der Waals surface area contributed by atoms with Crippen molar-refractivity contribution in [3.05, 3.63) is 24.3 Å². The van der Waals surface area contributed by atoms with Crippen LogP contribution in [0.3, 0.4) is 0 Å². The molecule has 0 unspecified atom stereocenters. The first-order valence-electron chi connectivity index (χ1n) is 7.07. The number of benzene rings is 1. The van der Waals surface area contributed by atoms with E-state index in [2.05, 4.69) is 53.5 Å². The Bertz CT molecular complexity index is 375. The average molecular weight is 263 g/mol. The summed E-state index contributed by atoms with van der Waals surface area (Å²) in [6.07, 6.45) is 1.17. The number of nitrogens with zero attached hydrogens (tertiary/aromatic N) is 2. The summed E-state index contributed by atoms with van der Waals surface area (Å²) in [7, 11) is 4.13. The number of hydrogen-bond acceptors (Lipinski definition) is 4. The van der Waals surface area contributed by atoms with Gasteiger partial charge in [0.25, 0.3) is 0 Å². The summed E-state index contributed by atoms with van der Waals surface area (Å²) in [5.74, 6) is 0. The minimum Gasteiger partial charge on any atom is -0.385 e. The van der Waals surface area contributed by atoms with Gasteiger partial charge < -0.3 is 15.0 Å². The standard InChI is InChI=1S/C15H25N3O/c1-17(2)15-6-3-5-14(13-15)16-7-4-8-18-9-11-19-12-10-18/h3,5-6,13,16H,4,7-12H2,1-2H3. The summed E-state index contributed by atoms with van der Waals surface area (Å²) in [6.45, 7) is 6.11. The lowest BCUT2D eigenvalue weighted by atomic mass is 10.2. The van der Waals surface area contributed by atoms with Crippen LogP contribution >= 0.6 is 0 Å². The molecule has 0 radical (unpaired) electrons. The summed E-state index contributed by atoms with van der Waals surface area (Å²) < 4.78 is 5.35. The quantitative estimate of drug-likeness (QED) is 0.793. The Balaban J connectivity index is 1.68. The molecule has 2 rings (SSSR count). The van der Waals surface area contributed by atoms with Crippen molar-refractivity contribution in [1.29, 1.82) is 0 Å². The Morgan fingerprint density at radius 3 is 2.79 bits per heavy atom. The summed E-state index contributed by atoms with van der Waals surface area (Å²) in [5.41, 5.74) is 2.44. The van der Waals surface area contributed by atoms with Gasteiger partial charge in [-0.2, -0.15) is 0 Å². The van der Waals surface area contributed by atoms with E-state index in [9.17, 15) is 0 Å². The van der Waals surface area contributed by atoms with E-state index in [-0.39, 0.29) is 0 Å². The van der Waals surface area contributed by atoms with Crippen LogP contribution in [0.5, 0.6) is 0 Å². The van der Waals surface area contributed by atoms with Gasteiger partial charge in [-0.1, -0.05) is 6.07 Å². The van der Waals surface area contributed by atoms with Crippen LogP contribution in [0.25, 0.3) is 0 Å². The first kappa shape index (κ1) is 14.2. The Hall–Kier alpha value is -1.26. The molecular weight excluding hydrogens is 238 g/mol. The van der Waals surface area contributed by atoms with Crippen LogP contribution in [0.1, 0.15) is 6.42 Å². The third-order valence-electron chi connectivity index (χ3n) is 3.45. The van der Waals surface area contributed by atoms with Gasteiger partial charge in [-0.25, -0.2) is 0 Å². The molecule has 0 bridgehead atoms.